The molecule has 0 aliphatic carbocycles. The van der Waals surface area contributed by atoms with E-state index in [1.165, 1.54) is 0 Å². The number of carbonyl (C=O) groups is 1. The van der Waals surface area contributed by atoms with E-state index in [0.29, 0.717) is 22.4 Å². The van der Waals surface area contributed by atoms with Crippen LogP contribution in [0, 0.1) is 0 Å². The molecule has 0 radical (unpaired) electrons. The molecule has 156 valence electrons. The van der Waals surface area contributed by atoms with Crippen molar-refractivity contribution in [2.45, 2.75) is 6.92 Å². The van der Waals surface area contributed by atoms with Crippen LogP contribution in [0.3, 0.4) is 0 Å². The Morgan fingerprint density at radius 2 is 1.53 bits per heavy atom. The summed E-state index contributed by atoms with van der Waals surface area (Å²) in [5, 5.41) is 5.46. The Bertz CT molecular complexity index is 1340. The van der Waals surface area contributed by atoms with Gasteiger partial charge in [0, 0.05) is 16.7 Å². The molecule has 0 bridgehead atoms. The van der Waals surface area contributed by atoms with Crippen LogP contribution in [-0.4, -0.2) is 21.5 Å². The maximum atomic E-state index is 13.4. The molecule has 0 saturated heterocycles. The fraction of sp³-hybridized carbons (Fsp3) is 0.0385. The number of amides is 1. The van der Waals surface area contributed by atoms with Crippen LogP contribution >= 0.6 is 11.6 Å². The Labute approximate surface area is 190 Å². The van der Waals surface area contributed by atoms with E-state index in [2.05, 4.69) is 4.99 Å². The van der Waals surface area contributed by atoms with Gasteiger partial charge in [0.05, 0.1) is 11.4 Å². The highest BCUT2D eigenvalue weighted by Gasteiger charge is 2.32. The molecule has 1 aliphatic heterocycles. The monoisotopic (exact) mass is 438 g/mol. The molecule has 3 aromatic carbocycles. The van der Waals surface area contributed by atoms with E-state index in [1.54, 1.807) is 27.8 Å². The second-order valence-corrected chi connectivity index (χ2v) is 7.82. The van der Waals surface area contributed by atoms with Gasteiger partial charge in [-0.25, -0.2) is 14.6 Å². The largest absolute Gasteiger partial charge is 0.283 e. The van der Waals surface area contributed by atoms with Gasteiger partial charge in [0.2, 0.25) is 0 Å². The maximum absolute atomic E-state index is 13.4. The first kappa shape index (κ1) is 20.0. The van der Waals surface area contributed by atoms with Crippen molar-refractivity contribution < 1.29 is 4.79 Å². The second-order valence-electron chi connectivity index (χ2n) is 7.38. The fourth-order valence-corrected chi connectivity index (χ4v) is 3.78. The van der Waals surface area contributed by atoms with E-state index in [4.69, 9.17) is 16.7 Å². The minimum Gasteiger partial charge on any atom is -0.266 e. The zero-order chi connectivity index (χ0) is 22.1. The molecule has 1 amide bonds. The summed E-state index contributed by atoms with van der Waals surface area (Å²) < 4.78 is 1.78. The first-order valence-electron chi connectivity index (χ1n) is 10.2. The molecule has 5 rings (SSSR count). The van der Waals surface area contributed by atoms with Crippen LogP contribution in [0.1, 0.15) is 12.5 Å². The Morgan fingerprint density at radius 3 is 2.22 bits per heavy atom. The Balaban J connectivity index is 1.59. The number of nitrogens with zero attached hydrogens (tertiary/aromatic N) is 4. The van der Waals surface area contributed by atoms with Crippen molar-refractivity contribution in [2.24, 2.45) is 4.99 Å². The highest BCUT2D eigenvalue weighted by Crippen LogP contribution is 2.31. The summed E-state index contributed by atoms with van der Waals surface area (Å²) in [5.41, 5.74) is 3.84. The van der Waals surface area contributed by atoms with Gasteiger partial charge in [-0.2, -0.15) is 5.10 Å². The van der Waals surface area contributed by atoms with Crippen molar-refractivity contribution >= 4 is 35.2 Å². The summed E-state index contributed by atoms with van der Waals surface area (Å²) >= 11 is 5.98. The number of aromatic nitrogens is 2. The summed E-state index contributed by atoms with van der Waals surface area (Å²) in [5.74, 6) is 1.03. The number of amidine groups is 1. The van der Waals surface area contributed by atoms with Crippen LogP contribution in [0.2, 0.25) is 5.02 Å². The third-order valence-electron chi connectivity index (χ3n) is 5.19. The van der Waals surface area contributed by atoms with E-state index < -0.39 is 0 Å². The lowest BCUT2D eigenvalue weighted by Crippen LogP contribution is -2.32. The smallest absolute Gasteiger partial charge is 0.266 e. The molecule has 0 unspecified atom stereocenters. The predicted octanol–water partition coefficient (Wildman–Crippen LogP) is 6.00. The lowest BCUT2D eigenvalue weighted by atomic mass is 10.1. The van der Waals surface area contributed by atoms with Crippen LogP contribution < -0.4 is 4.90 Å². The molecule has 0 fully saturated rings. The van der Waals surface area contributed by atoms with Gasteiger partial charge in [0.1, 0.15) is 17.4 Å². The molecule has 1 aliphatic rings. The van der Waals surface area contributed by atoms with Gasteiger partial charge < -0.3 is 0 Å². The SMILES string of the molecule is CC1=N/C(=C/c2ccc(Cl)cc2)C(=O)N1c1cc(-c2ccccc2)nn1-c1ccccc1. The Morgan fingerprint density at radius 1 is 0.875 bits per heavy atom. The summed E-state index contributed by atoms with van der Waals surface area (Å²) in [4.78, 5) is 19.5. The number of anilines is 1. The van der Waals surface area contributed by atoms with E-state index in [9.17, 15) is 4.79 Å². The van der Waals surface area contributed by atoms with Crippen LogP contribution in [0.15, 0.2) is 102 Å². The molecule has 1 aromatic heterocycles. The van der Waals surface area contributed by atoms with Crippen molar-refractivity contribution in [1.82, 2.24) is 9.78 Å². The lowest BCUT2D eigenvalue weighted by Gasteiger charge is -2.17. The third kappa shape index (κ3) is 3.74. The fourth-order valence-electron chi connectivity index (χ4n) is 3.65. The molecule has 0 saturated carbocycles. The minimum absolute atomic E-state index is 0.200. The van der Waals surface area contributed by atoms with Gasteiger partial charge in [-0.1, -0.05) is 72.3 Å². The molecule has 2 heterocycles. The normalized spacial score (nSPS) is 14.8. The number of rotatable bonds is 4. The third-order valence-corrected chi connectivity index (χ3v) is 5.44. The summed E-state index contributed by atoms with van der Waals surface area (Å²) in [7, 11) is 0. The highest BCUT2D eigenvalue weighted by atomic mass is 35.5. The first-order chi connectivity index (χ1) is 15.6. The first-order valence-corrected chi connectivity index (χ1v) is 10.6. The van der Waals surface area contributed by atoms with Crippen LogP contribution in [-0.2, 0) is 4.79 Å². The summed E-state index contributed by atoms with van der Waals surface area (Å²) in [6, 6.07) is 28.9. The number of carbonyl (C=O) groups excluding carboxylic acids is 1. The minimum atomic E-state index is -0.200. The van der Waals surface area contributed by atoms with Crippen LogP contribution in [0.25, 0.3) is 23.0 Å². The van der Waals surface area contributed by atoms with Crippen molar-refractivity contribution in [2.75, 3.05) is 4.90 Å². The van der Waals surface area contributed by atoms with Crippen LogP contribution in [0.5, 0.6) is 0 Å². The molecule has 0 atom stereocenters. The lowest BCUT2D eigenvalue weighted by molar-refractivity contribution is -0.113. The Kier molecular flexibility index (Phi) is 5.17. The predicted molar refractivity (Wildman–Crippen MR) is 129 cm³/mol. The topological polar surface area (TPSA) is 50.5 Å². The molecule has 32 heavy (non-hydrogen) atoms. The van der Waals surface area contributed by atoms with E-state index in [0.717, 1.165) is 22.5 Å². The quantitative estimate of drug-likeness (QED) is 0.367. The second kappa shape index (κ2) is 8.29. The molecule has 0 N–H and O–H groups in total. The number of hydrogen-bond acceptors (Lipinski definition) is 3. The van der Waals surface area contributed by atoms with Gasteiger partial charge in [0.15, 0.2) is 0 Å². The Hall–Kier alpha value is -3.96. The number of aliphatic imine (C=N–C) groups is 1. The van der Waals surface area contributed by atoms with Crippen LogP contribution in [0.4, 0.5) is 5.82 Å². The zero-order valence-electron chi connectivity index (χ0n) is 17.3. The average Bonchev–Trinajstić information content (AvgIpc) is 3.37. The van der Waals surface area contributed by atoms with Gasteiger partial charge >= 0.3 is 0 Å². The van der Waals surface area contributed by atoms with Gasteiger partial charge in [-0.15, -0.1) is 0 Å². The molecular formula is C26H19ClN4O. The number of para-hydroxylation sites is 1. The number of benzene rings is 3. The molecular weight excluding hydrogens is 420 g/mol. The zero-order valence-corrected chi connectivity index (χ0v) is 18.1. The highest BCUT2D eigenvalue weighted by molar-refractivity contribution is 6.30. The van der Waals surface area contributed by atoms with E-state index in [-0.39, 0.29) is 5.91 Å². The molecule has 0 spiro atoms. The van der Waals surface area contributed by atoms with Crippen molar-refractivity contribution in [1.29, 1.82) is 0 Å². The van der Waals surface area contributed by atoms with Gasteiger partial charge in [-0.05, 0) is 42.8 Å². The number of halogens is 1. The summed E-state index contributed by atoms with van der Waals surface area (Å²) in [6.07, 6.45) is 1.77. The van der Waals surface area contributed by atoms with Crippen molar-refractivity contribution in [3.05, 3.63) is 107 Å². The molecule has 5 nitrogen and oxygen atoms in total. The molecule has 4 aromatic rings. The van der Waals surface area contributed by atoms with E-state index in [1.807, 2.05) is 85.8 Å². The van der Waals surface area contributed by atoms with E-state index >= 15 is 0 Å². The average molecular weight is 439 g/mol. The van der Waals surface area contributed by atoms with Gasteiger partial charge in [0.25, 0.3) is 5.91 Å². The summed E-state index contributed by atoms with van der Waals surface area (Å²) in [6.45, 7) is 1.82. The standard InChI is InChI=1S/C26H19ClN4O/c1-18-28-24(16-19-12-14-21(27)15-13-19)26(32)30(18)25-17-23(20-8-4-2-5-9-20)29-31(25)22-10-6-3-7-11-22/h2-17H,1H3/b24-16+. The van der Waals surface area contributed by atoms with Crippen molar-refractivity contribution in [3.8, 4) is 16.9 Å². The molecule has 6 heteroatoms. The van der Waals surface area contributed by atoms with Crippen molar-refractivity contribution in [3.63, 3.8) is 0 Å². The number of hydrogen-bond donors (Lipinski definition) is 0. The van der Waals surface area contributed by atoms with Gasteiger partial charge in [-0.3, -0.25) is 4.79 Å². The maximum Gasteiger partial charge on any atom is 0.283 e.